The fourth-order valence-corrected chi connectivity index (χ4v) is 2.67. The highest BCUT2D eigenvalue weighted by atomic mass is 16.5. The predicted octanol–water partition coefficient (Wildman–Crippen LogP) is 2.30. The van der Waals surface area contributed by atoms with Crippen molar-refractivity contribution >= 4 is 17.5 Å². The minimum absolute atomic E-state index is 0.0311. The Bertz CT molecular complexity index is 557. The number of ether oxygens (including phenoxy) is 1. The fourth-order valence-electron chi connectivity index (χ4n) is 2.67. The van der Waals surface area contributed by atoms with E-state index in [4.69, 9.17) is 4.74 Å². The quantitative estimate of drug-likeness (QED) is 0.857. The minimum Gasteiger partial charge on any atom is -0.494 e. The Labute approximate surface area is 131 Å². The van der Waals surface area contributed by atoms with Gasteiger partial charge in [0.25, 0.3) is 0 Å². The molecular weight excluding hydrogens is 280 g/mol. The normalized spacial score (nSPS) is 18.8. The summed E-state index contributed by atoms with van der Waals surface area (Å²) in [6.07, 6.45) is 0. The SMILES string of the molecule is CCOc1cccc(N2CCN(C(=O)C(C)C)[C@@H](C)C2=O)c1. The van der Waals surface area contributed by atoms with Crippen LogP contribution in [0.15, 0.2) is 24.3 Å². The van der Waals surface area contributed by atoms with Crippen LogP contribution in [0.5, 0.6) is 5.75 Å². The first kappa shape index (κ1) is 16.3. The van der Waals surface area contributed by atoms with E-state index < -0.39 is 6.04 Å². The third-order valence-corrected chi connectivity index (χ3v) is 3.87. The number of hydrogen-bond acceptors (Lipinski definition) is 3. The van der Waals surface area contributed by atoms with Gasteiger partial charge in [-0.15, -0.1) is 0 Å². The molecule has 1 fully saturated rings. The molecule has 0 saturated carbocycles. The zero-order valence-electron chi connectivity index (χ0n) is 13.7. The number of carbonyl (C=O) groups excluding carboxylic acids is 2. The maximum absolute atomic E-state index is 12.6. The summed E-state index contributed by atoms with van der Waals surface area (Å²) in [6, 6.07) is 7.09. The molecule has 0 bridgehead atoms. The van der Waals surface area contributed by atoms with E-state index in [1.165, 1.54) is 0 Å². The van der Waals surface area contributed by atoms with Crippen molar-refractivity contribution in [3.8, 4) is 5.75 Å². The monoisotopic (exact) mass is 304 g/mol. The Morgan fingerprint density at radius 2 is 2.09 bits per heavy atom. The lowest BCUT2D eigenvalue weighted by Gasteiger charge is -2.39. The van der Waals surface area contributed by atoms with Gasteiger partial charge < -0.3 is 14.5 Å². The third-order valence-electron chi connectivity index (χ3n) is 3.87. The van der Waals surface area contributed by atoms with Gasteiger partial charge in [-0.2, -0.15) is 0 Å². The maximum Gasteiger partial charge on any atom is 0.249 e. The van der Waals surface area contributed by atoms with Gasteiger partial charge in [-0.3, -0.25) is 9.59 Å². The van der Waals surface area contributed by atoms with Crippen molar-refractivity contribution in [3.05, 3.63) is 24.3 Å². The molecule has 0 aliphatic carbocycles. The van der Waals surface area contributed by atoms with Gasteiger partial charge in [0, 0.05) is 30.8 Å². The highest BCUT2D eigenvalue weighted by Crippen LogP contribution is 2.25. The number of benzene rings is 1. The van der Waals surface area contributed by atoms with Gasteiger partial charge in [-0.05, 0) is 26.0 Å². The molecule has 0 aromatic heterocycles. The number of anilines is 1. The molecule has 1 atom stereocenters. The van der Waals surface area contributed by atoms with Crippen LogP contribution in [-0.2, 0) is 9.59 Å². The summed E-state index contributed by atoms with van der Waals surface area (Å²) in [7, 11) is 0. The van der Waals surface area contributed by atoms with Crippen molar-refractivity contribution in [1.82, 2.24) is 4.90 Å². The fraction of sp³-hybridized carbons (Fsp3) is 0.529. The molecule has 22 heavy (non-hydrogen) atoms. The Balaban J connectivity index is 2.17. The smallest absolute Gasteiger partial charge is 0.249 e. The van der Waals surface area contributed by atoms with E-state index in [9.17, 15) is 9.59 Å². The highest BCUT2D eigenvalue weighted by Gasteiger charge is 2.35. The number of rotatable bonds is 4. The van der Waals surface area contributed by atoms with E-state index in [2.05, 4.69) is 0 Å². The molecule has 1 heterocycles. The second-order valence-corrected chi connectivity index (χ2v) is 5.78. The molecule has 1 aliphatic heterocycles. The van der Waals surface area contributed by atoms with Gasteiger partial charge in [0.1, 0.15) is 11.8 Å². The molecule has 0 N–H and O–H groups in total. The summed E-state index contributed by atoms with van der Waals surface area (Å²) in [6.45, 7) is 9.09. The third kappa shape index (κ3) is 3.24. The van der Waals surface area contributed by atoms with Crippen molar-refractivity contribution in [2.45, 2.75) is 33.7 Å². The van der Waals surface area contributed by atoms with Crippen LogP contribution in [0.2, 0.25) is 0 Å². The van der Waals surface area contributed by atoms with Crippen molar-refractivity contribution < 1.29 is 14.3 Å². The molecule has 1 saturated heterocycles. The molecule has 5 heteroatoms. The van der Waals surface area contributed by atoms with Gasteiger partial charge >= 0.3 is 0 Å². The van der Waals surface area contributed by atoms with Crippen LogP contribution in [0.4, 0.5) is 5.69 Å². The van der Waals surface area contributed by atoms with Crippen LogP contribution in [0.25, 0.3) is 0 Å². The largest absolute Gasteiger partial charge is 0.494 e. The van der Waals surface area contributed by atoms with Crippen molar-refractivity contribution in [2.24, 2.45) is 5.92 Å². The second kappa shape index (κ2) is 6.81. The number of carbonyl (C=O) groups is 2. The average Bonchev–Trinajstić information content (AvgIpc) is 2.50. The summed E-state index contributed by atoms with van der Waals surface area (Å²) < 4.78 is 5.49. The number of hydrogen-bond donors (Lipinski definition) is 0. The summed E-state index contributed by atoms with van der Waals surface area (Å²) in [5, 5.41) is 0. The molecule has 5 nitrogen and oxygen atoms in total. The average molecular weight is 304 g/mol. The van der Waals surface area contributed by atoms with E-state index >= 15 is 0 Å². The molecule has 1 aromatic carbocycles. The summed E-state index contributed by atoms with van der Waals surface area (Å²) in [4.78, 5) is 28.2. The van der Waals surface area contributed by atoms with Gasteiger partial charge in [-0.1, -0.05) is 19.9 Å². The first-order valence-electron chi connectivity index (χ1n) is 7.80. The van der Waals surface area contributed by atoms with E-state index in [1.807, 2.05) is 45.0 Å². The summed E-state index contributed by atoms with van der Waals surface area (Å²) in [5.74, 6) is 0.640. The topological polar surface area (TPSA) is 49.9 Å². The Morgan fingerprint density at radius 3 is 2.73 bits per heavy atom. The van der Waals surface area contributed by atoms with Crippen LogP contribution >= 0.6 is 0 Å². The van der Waals surface area contributed by atoms with E-state index in [-0.39, 0.29) is 17.7 Å². The van der Waals surface area contributed by atoms with Gasteiger partial charge in [0.2, 0.25) is 11.8 Å². The molecule has 0 unspecified atom stereocenters. The molecular formula is C17H24N2O3. The number of piperazine rings is 1. The standard InChI is InChI=1S/C17H24N2O3/c1-5-22-15-8-6-7-14(11-15)19-10-9-18(13(4)17(19)21)16(20)12(2)3/h6-8,11-13H,5,9-10H2,1-4H3/t13-/m0/s1. The van der Waals surface area contributed by atoms with Crippen LogP contribution in [0.3, 0.4) is 0 Å². The zero-order valence-corrected chi connectivity index (χ0v) is 13.7. The molecule has 120 valence electrons. The van der Waals surface area contributed by atoms with Gasteiger partial charge in [-0.25, -0.2) is 0 Å². The Hall–Kier alpha value is -2.04. The lowest BCUT2D eigenvalue weighted by atomic mass is 10.1. The van der Waals surface area contributed by atoms with Crippen LogP contribution in [0.1, 0.15) is 27.7 Å². The van der Waals surface area contributed by atoms with Gasteiger partial charge in [0.15, 0.2) is 0 Å². The van der Waals surface area contributed by atoms with Gasteiger partial charge in [0.05, 0.1) is 6.61 Å². The second-order valence-electron chi connectivity index (χ2n) is 5.78. The lowest BCUT2D eigenvalue weighted by Crippen LogP contribution is -2.58. The zero-order chi connectivity index (χ0) is 16.3. The Kier molecular flexibility index (Phi) is 5.06. The maximum atomic E-state index is 12.6. The Morgan fingerprint density at radius 1 is 1.36 bits per heavy atom. The minimum atomic E-state index is -0.431. The molecule has 0 spiro atoms. The molecule has 1 aromatic rings. The van der Waals surface area contributed by atoms with E-state index in [0.29, 0.717) is 19.7 Å². The van der Waals surface area contributed by atoms with Crippen LogP contribution in [0, 0.1) is 5.92 Å². The summed E-state index contributed by atoms with van der Waals surface area (Å²) >= 11 is 0. The number of amides is 2. The molecule has 0 radical (unpaired) electrons. The summed E-state index contributed by atoms with van der Waals surface area (Å²) in [5.41, 5.74) is 0.819. The number of nitrogens with zero attached hydrogens (tertiary/aromatic N) is 2. The van der Waals surface area contributed by atoms with E-state index in [0.717, 1.165) is 11.4 Å². The van der Waals surface area contributed by atoms with Crippen LogP contribution in [-0.4, -0.2) is 42.5 Å². The van der Waals surface area contributed by atoms with Crippen molar-refractivity contribution in [3.63, 3.8) is 0 Å². The lowest BCUT2D eigenvalue weighted by molar-refractivity contribution is -0.143. The van der Waals surface area contributed by atoms with Crippen LogP contribution < -0.4 is 9.64 Å². The van der Waals surface area contributed by atoms with E-state index in [1.54, 1.807) is 16.7 Å². The highest BCUT2D eigenvalue weighted by molar-refractivity contribution is 6.00. The molecule has 1 aliphatic rings. The molecule has 2 rings (SSSR count). The van der Waals surface area contributed by atoms with Crippen molar-refractivity contribution in [2.75, 3.05) is 24.6 Å². The van der Waals surface area contributed by atoms with Crippen molar-refractivity contribution in [1.29, 1.82) is 0 Å². The predicted molar refractivity (Wildman–Crippen MR) is 86.0 cm³/mol. The molecule has 2 amide bonds. The first-order chi connectivity index (χ1) is 10.5. The first-order valence-corrected chi connectivity index (χ1v) is 7.80.